The lowest BCUT2D eigenvalue weighted by atomic mass is 10.1. The lowest BCUT2D eigenvalue weighted by molar-refractivity contribution is -0.139. The number of ether oxygens (including phenoxy) is 4. The first-order valence-electron chi connectivity index (χ1n) is 10.2. The minimum Gasteiger partial charge on any atom is -0.493 e. The van der Waals surface area contributed by atoms with E-state index >= 15 is 0 Å². The van der Waals surface area contributed by atoms with Crippen molar-refractivity contribution >= 4 is 22.4 Å². The highest BCUT2D eigenvalue weighted by atomic mass is 19.4. The molecule has 0 aliphatic carbocycles. The average Bonchev–Trinajstić information content (AvgIpc) is 3.37. The summed E-state index contributed by atoms with van der Waals surface area (Å²) in [6.07, 6.45) is -6.65. The van der Waals surface area contributed by atoms with Crippen LogP contribution >= 0.6 is 0 Å². The number of anilines is 2. The molecule has 2 aromatic carbocycles. The van der Waals surface area contributed by atoms with Crippen molar-refractivity contribution in [3.05, 3.63) is 48.0 Å². The standard InChI is InChI=1S/C22H18F5N3O4/c1-31-16-5-11-15(6-17(16)34-18-8-33-19-14(24)7-32-20(18)19)28-9-29-21(11)30-10-2-3-13(23)12(4-10)22(25,26)27/h2-6,9,14,18-20H,7-8H2,1H3,(H,28,29,30)/t14-,18?,19+,20+/m1/s1. The summed E-state index contributed by atoms with van der Waals surface area (Å²) in [5.74, 6) is -0.601. The molecule has 0 bridgehead atoms. The highest BCUT2D eigenvalue weighted by Crippen LogP contribution is 2.39. The van der Waals surface area contributed by atoms with Crippen molar-refractivity contribution in [3.63, 3.8) is 0 Å². The maximum absolute atomic E-state index is 13.8. The van der Waals surface area contributed by atoms with E-state index in [1.165, 1.54) is 19.5 Å². The van der Waals surface area contributed by atoms with Crippen molar-refractivity contribution in [2.24, 2.45) is 0 Å². The number of aromatic nitrogens is 2. The van der Waals surface area contributed by atoms with Gasteiger partial charge in [0.15, 0.2) is 23.8 Å². The fraction of sp³-hybridized carbons (Fsp3) is 0.364. The number of rotatable bonds is 5. The van der Waals surface area contributed by atoms with Gasteiger partial charge in [-0.05, 0) is 24.3 Å². The molecule has 12 heteroatoms. The van der Waals surface area contributed by atoms with Gasteiger partial charge < -0.3 is 24.3 Å². The van der Waals surface area contributed by atoms with E-state index in [0.717, 1.165) is 6.07 Å². The van der Waals surface area contributed by atoms with Gasteiger partial charge in [0.1, 0.15) is 30.2 Å². The van der Waals surface area contributed by atoms with Crippen LogP contribution in [0.25, 0.3) is 10.9 Å². The highest BCUT2D eigenvalue weighted by Gasteiger charge is 2.49. The Labute approximate surface area is 189 Å². The molecule has 2 saturated heterocycles. The number of benzene rings is 2. The fourth-order valence-corrected chi connectivity index (χ4v) is 4.05. The van der Waals surface area contributed by atoms with Gasteiger partial charge in [-0.3, -0.25) is 0 Å². The molecule has 1 unspecified atom stereocenters. The van der Waals surface area contributed by atoms with Crippen LogP contribution in [0.1, 0.15) is 5.56 Å². The van der Waals surface area contributed by atoms with Crippen LogP contribution in [0.4, 0.5) is 33.5 Å². The number of alkyl halides is 4. The number of methoxy groups -OCH3 is 1. The van der Waals surface area contributed by atoms with E-state index < -0.39 is 42.0 Å². The quantitative estimate of drug-likeness (QED) is 0.539. The van der Waals surface area contributed by atoms with E-state index in [0.29, 0.717) is 28.5 Å². The largest absolute Gasteiger partial charge is 0.493 e. The smallest absolute Gasteiger partial charge is 0.419 e. The monoisotopic (exact) mass is 483 g/mol. The Hall–Kier alpha value is -3.25. The normalized spacial score (nSPS) is 24.3. The molecular weight excluding hydrogens is 465 g/mol. The zero-order chi connectivity index (χ0) is 24.0. The van der Waals surface area contributed by atoms with Gasteiger partial charge in [0.05, 0.1) is 31.4 Å². The molecule has 2 aliphatic rings. The van der Waals surface area contributed by atoms with Crippen molar-refractivity contribution in [2.45, 2.75) is 30.7 Å². The Morgan fingerprint density at radius 3 is 2.59 bits per heavy atom. The van der Waals surface area contributed by atoms with Crippen molar-refractivity contribution in [3.8, 4) is 11.5 Å². The first-order chi connectivity index (χ1) is 16.2. The van der Waals surface area contributed by atoms with Crippen LogP contribution in [0.3, 0.4) is 0 Å². The van der Waals surface area contributed by atoms with Crippen LogP contribution in [0, 0.1) is 5.82 Å². The summed E-state index contributed by atoms with van der Waals surface area (Å²) in [7, 11) is 1.41. The Balaban J connectivity index is 1.45. The zero-order valence-corrected chi connectivity index (χ0v) is 17.6. The maximum atomic E-state index is 13.8. The number of hydrogen-bond acceptors (Lipinski definition) is 7. The molecule has 1 aromatic heterocycles. The van der Waals surface area contributed by atoms with E-state index in [4.69, 9.17) is 18.9 Å². The van der Waals surface area contributed by atoms with E-state index in [9.17, 15) is 22.0 Å². The Bertz CT molecular complexity index is 1230. The van der Waals surface area contributed by atoms with Gasteiger partial charge in [-0.25, -0.2) is 18.7 Å². The molecule has 2 fully saturated rings. The lowest BCUT2D eigenvalue weighted by Crippen LogP contribution is -2.33. The van der Waals surface area contributed by atoms with Crippen LogP contribution in [0.2, 0.25) is 0 Å². The first kappa shape index (κ1) is 22.5. The second-order valence-electron chi connectivity index (χ2n) is 7.83. The molecule has 3 heterocycles. The van der Waals surface area contributed by atoms with Crippen LogP contribution in [0.15, 0.2) is 36.7 Å². The molecule has 0 spiro atoms. The summed E-state index contributed by atoms with van der Waals surface area (Å²) in [6.45, 7) is 0.0748. The number of hydrogen-bond donors (Lipinski definition) is 1. The molecule has 2 aliphatic heterocycles. The minimum atomic E-state index is -4.85. The molecule has 0 saturated carbocycles. The maximum Gasteiger partial charge on any atom is 0.419 e. The molecule has 7 nitrogen and oxygen atoms in total. The Kier molecular flexibility index (Phi) is 5.64. The summed E-state index contributed by atoms with van der Waals surface area (Å²) in [6, 6.07) is 5.69. The Morgan fingerprint density at radius 1 is 1.03 bits per heavy atom. The summed E-state index contributed by atoms with van der Waals surface area (Å²) in [5.41, 5.74) is -1.01. The second kappa shape index (κ2) is 8.51. The first-order valence-corrected chi connectivity index (χ1v) is 10.2. The third-order valence-electron chi connectivity index (χ3n) is 5.68. The van der Waals surface area contributed by atoms with Crippen LogP contribution < -0.4 is 14.8 Å². The van der Waals surface area contributed by atoms with Crippen molar-refractivity contribution in [2.75, 3.05) is 25.6 Å². The van der Waals surface area contributed by atoms with Crippen molar-refractivity contribution in [1.29, 1.82) is 0 Å². The SMILES string of the molecule is COc1cc2c(Nc3ccc(F)c(C(F)(F)F)c3)ncnc2cc1OC1CO[C@H]2[C@H](F)CO[C@@H]12. The summed E-state index contributed by atoms with van der Waals surface area (Å²) < 4.78 is 89.0. The van der Waals surface area contributed by atoms with Gasteiger partial charge >= 0.3 is 6.18 Å². The van der Waals surface area contributed by atoms with Gasteiger partial charge in [0, 0.05) is 17.1 Å². The van der Waals surface area contributed by atoms with Crippen LogP contribution in [-0.4, -0.2) is 54.8 Å². The number of halogens is 5. The van der Waals surface area contributed by atoms with Crippen molar-refractivity contribution < 1.29 is 40.9 Å². The predicted octanol–water partition coefficient (Wildman–Crippen LogP) is 4.42. The van der Waals surface area contributed by atoms with Gasteiger partial charge in [0.2, 0.25) is 0 Å². The minimum absolute atomic E-state index is 0.0127. The third-order valence-corrected chi connectivity index (χ3v) is 5.68. The summed E-state index contributed by atoms with van der Waals surface area (Å²) >= 11 is 0. The van der Waals surface area contributed by atoms with E-state index in [1.54, 1.807) is 12.1 Å². The topological polar surface area (TPSA) is 74.7 Å². The molecule has 1 N–H and O–H groups in total. The highest BCUT2D eigenvalue weighted by molar-refractivity contribution is 5.93. The molecule has 180 valence electrons. The van der Waals surface area contributed by atoms with Gasteiger partial charge in [-0.15, -0.1) is 0 Å². The van der Waals surface area contributed by atoms with Gasteiger partial charge in [0.25, 0.3) is 0 Å². The van der Waals surface area contributed by atoms with Gasteiger partial charge in [-0.2, -0.15) is 13.2 Å². The fourth-order valence-electron chi connectivity index (χ4n) is 4.05. The Morgan fingerprint density at radius 2 is 1.82 bits per heavy atom. The zero-order valence-electron chi connectivity index (χ0n) is 17.6. The number of fused-ring (bicyclic) bond motifs is 2. The molecule has 3 aromatic rings. The summed E-state index contributed by atoms with van der Waals surface area (Å²) in [4.78, 5) is 8.30. The predicted molar refractivity (Wildman–Crippen MR) is 110 cm³/mol. The van der Waals surface area contributed by atoms with Crippen molar-refractivity contribution in [1.82, 2.24) is 9.97 Å². The molecular formula is C22H18F5N3O4. The average molecular weight is 483 g/mol. The molecule has 34 heavy (non-hydrogen) atoms. The van der Waals surface area contributed by atoms with E-state index in [2.05, 4.69) is 15.3 Å². The van der Waals surface area contributed by atoms with E-state index in [1.807, 2.05) is 0 Å². The number of nitrogens with zero attached hydrogens (tertiary/aromatic N) is 2. The van der Waals surface area contributed by atoms with Crippen LogP contribution in [0.5, 0.6) is 11.5 Å². The molecule has 0 amide bonds. The third kappa shape index (κ3) is 4.07. The molecule has 4 atom stereocenters. The van der Waals surface area contributed by atoms with E-state index in [-0.39, 0.29) is 24.7 Å². The van der Waals surface area contributed by atoms with Crippen LogP contribution in [-0.2, 0) is 15.7 Å². The van der Waals surface area contributed by atoms with Gasteiger partial charge in [-0.1, -0.05) is 0 Å². The number of nitrogens with one attached hydrogen (secondary N) is 1. The summed E-state index contributed by atoms with van der Waals surface area (Å²) in [5, 5.41) is 3.19. The lowest BCUT2D eigenvalue weighted by Gasteiger charge is -2.20. The molecule has 5 rings (SSSR count). The molecule has 0 radical (unpaired) electrons. The second-order valence-corrected chi connectivity index (χ2v) is 7.83.